The Bertz CT molecular complexity index is 167. The Kier molecular flexibility index (Phi) is 5.66. The second-order valence-corrected chi connectivity index (χ2v) is 5.76. The van der Waals surface area contributed by atoms with Gasteiger partial charge in [-0.25, -0.2) is 0 Å². The molecule has 1 aliphatic carbocycles. The van der Waals surface area contributed by atoms with Crippen molar-refractivity contribution in [1.29, 1.82) is 0 Å². The number of hydrogen-bond acceptors (Lipinski definition) is 1. The Morgan fingerprint density at radius 2 is 1.53 bits per heavy atom. The lowest BCUT2D eigenvalue weighted by molar-refractivity contribution is 0.305. The van der Waals surface area contributed by atoms with Gasteiger partial charge in [0.25, 0.3) is 0 Å². The molecule has 0 aliphatic heterocycles. The van der Waals surface area contributed by atoms with Crippen LogP contribution in [0.2, 0.25) is 0 Å². The van der Waals surface area contributed by atoms with E-state index in [1.807, 2.05) is 0 Å². The molecule has 0 heterocycles. The highest BCUT2D eigenvalue weighted by Crippen LogP contribution is 2.26. The summed E-state index contributed by atoms with van der Waals surface area (Å²) < 4.78 is 0. The Balaban J connectivity index is 2.42. The maximum atomic E-state index is 3.53. The van der Waals surface area contributed by atoms with Gasteiger partial charge in [0.05, 0.1) is 0 Å². The van der Waals surface area contributed by atoms with Crippen LogP contribution in [0.1, 0.15) is 71.6 Å². The lowest BCUT2D eigenvalue weighted by Crippen LogP contribution is -2.39. The molecule has 1 N–H and O–H groups in total. The Hall–Kier alpha value is -0.0400. The van der Waals surface area contributed by atoms with Crippen molar-refractivity contribution in [1.82, 2.24) is 5.32 Å². The van der Waals surface area contributed by atoms with Crippen LogP contribution in [0.3, 0.4) is 0 Å². The molecular formula is C14H29N. The molecule has 15 heavy (non-hydrogen) atoms. The highest BCUT2D eigenvalue weighted by Gasteiger charge is 2.21. The first-order valence-electron chi connectivity index (χ1n) is 6.85. The minimum atomic E-state index is 0.407. The van der Waals surface area contributed by atoms with Crippen LogP contribution in [-0.4, -0.2) is 12.6 Å². The molecule has 1 fully saturated rings. The lowest BCUT2D eigenvalue weighted by atomic mass is 9.88. The van der Waals surface area contributed by atoms with E-state index in [1.165, 1.54) is 57.8 Å². The standard InChI is InChI=1S/C14H29N/c1-13-9-6-4-5-7-11-14(2,15-3)12-8-10-13/h13,15H,4-12H2,1-3H3. The summed E-state index contributed by atoms with van der Waals surface area (Å²) in [5.41, 5.74) is 0.407. The van der Waals surface area contributed by atoms with Gasteiger partial charge in [-0.1, -0.05) is 51.9 Å². The third-order valence-electron chi connectivity index (χ3n) is 4.20. The number of hydrogen-bond donors (Lipinski definition) is 1. The monoisotopic (exact) mass is 211 g/mol. The molecule has 0 aromatic heterocycles. The van der Waals surface area contributed by atoms with Gasteiger partial charge < -0.3 is 5.32 Å². The van der Waals surface area contributed by atoms with E-state index in [4.69, 9.17) is 0 Å². The van der Waals surface area contributed by atoms with E-state index in [2.05, 4.69) is 26.2 Å². The van der Waals surface area contributed by atoms with E-state index >= 15 is 0 Å². The molecule has 0 amide bonds. The zero-order valence-electron chi connectivity index (χ0n) is 10.9. The minimum absolute atomic E-state index is 0.407. The van der Waals surface area contributed by atoms with Gasteiger partial charge in [-0.2, -0.15) is 0 Å². The summed E-state index contributed by atoms with van der Waals surface area (Å²) >= 11 is 0. The second kappa shape index (κ2) is 6.52. The fraction of sp³-hybridized carbons (Fsp3) is 1.00. The molecule has 0 bridgehead atoms. The molecule has 2 atom stereocenters. The highest BCUT2D eigenvalue weighted by molar-refractivity contribution is 4.81. The molecule has 1 rings (SSSR count). The van der Waals surface area contributed by atoms with Crippen LogP contribution < -0.4 is 5.32 Å². The van der Waals surface area contributed by atoms with Crippen molar-refractivity contribution in [3.05, 3.63) is 0 Å². The van der Waals surface area contributed by atoms with E-state index in [0.717, 1.165) is 5.92 Å². The van der Waals surface area contributed by atoms with Crippen molar-refractivity contribution in [2.24, 2.45) is 5.92 Å². The SMILES string of the molecule is CNC1(C)CCCCCCC(C)CCC1. The fourth-order valence-electron chi connectivity index (χ4n) is 2.72. The normalized spacial score (nSPS) is 35.8. The average Bonchev–Trinajstić information content (AvgIpc) is 2.25. The molecule has 90 valence electrons. The van der Waals surface area contributed by atoms with E-state index in [0.29, 0.717) is 5.54 Å². The van der Waals surface area contributed by atoms with E-state index in [9.17, 15) is 0 Å². The number of rotatable bonds is 1. The zero-order valence-corrected chi connectivity index (χ0v) is 10.9. The topological polar surface area (TPSA) is 12.0 Å². The maximum Gasteiger partial charge on any atom is 0.0150 e. The van der Waals surface area contributed by atoms with Gasteiger partial charge in [0.1, 0.15) is 0 Å². The number of nitrogens with one attached hydrogen (secondary N) is 1. The largest absolute Gasteiger partial charge is 0.315 e. The summed E-state index contributed by atoms with van der Waals surface area (Å²) in [6, 6.07) is 0. The predicted octanol–water partition coefficient (Wildman–Crippen LogP) is 4.13. The van der Waals surface area contributed by atoms with Crippen LogP contribution in [0, 0.1) is 5.92 Å². The summed E-state index contributed by atoms with van der Waals surface area (Å²) in [4.78, 5) is 0. The molecule has 1 aliphatic rings. The van der Waals surface area contributed by atoms with Crippen molar-refractivity contribution in [3.63, 3.8) is 0 Å². The summed E-state index contributed by atoms with van der Waals surface area (Å²) in [5, 5.41) is 3.53. The molecule has 0 aromatic carbocycles. The fourth-order valence-corrected chi connectivity index (χ4v) is 2.72. The minimum Gasteiger partial charge on any atom is -0.315 e. The molecule has 1 nitrogen and oxygen atoms in total. The van der Waals surface area contributed by atoms with Crippen molar-refractivity contribution in [2.45, 2.75) is 77.2 Å². The molecule has 2 unspecified atom stereocenters. The van der Waals surface area contributed by atoms with Crippen LogP contribution in [0.4, 0.5) is 0 Å². The van der Waals surface area contributed by atoms with Gasteiger partial charge in [0.15, 0.2) is 0 Å². The summed E-state index contributed by atoms with van der Waals surface area (Å²) in [5.74, 6) is 0.948. The zero-order chi connectivity index (χ0) is 11.1. The first-order chi connectivity index (χ1) is 7.16. The summed E-state index contributed by atoms with van der Waals surface area (Å²) in [7, 11) is 2.13. The smallest absolute Gasteiger partial charge is 0.0150 e. The van der Waals surface area contributed by atoms with Crippen LogP contribution in [0.25, 0.3) is 0 Å². The Morgan fingerprint density at radius 3 is 2.27 bits per heavy atom. The summed E-state index contributed by atoms with van der Waals surface area (Å²) in [6.07, 6.45) is 12.7. The predicted molar refractivity (Wildman–Crippen MR) is 68.2 cm³/mol. The molecule has 0 saturated heterocycles. The first kappa shape index (κ1) is 13.0. The third kappa shape index (κ3) is 5.01. The Labute approximate surface area is 96.0 Å². The van der Waals surface area contributed by atoms with E-state index in [1.54, 1.807) is 0 Å². The average molecular weight is 211 g/mol. The van der Waals surface area contributed by atoms with Gasteiger partial charge in [-0.3, -0.25) is 0 Å². The van der Waals surface area contributed by atoms with Gasteiger partial charge in [-0.15, -0.1) is 0 Å². The molecular weight excluding hydrogens is 182 g/mol. The first-order valence-corrected chi connectivity index (χ1v) is 6.85. The van der Waals surface area contributed by atoms with Crippen molar-refractivity contribution >= 4 is 0 Å². The van der Waals surface area contributed by atoms with Crippen LogP contribution in [0.15, 0.2) is 0 Å². The Morgan fingerprint density at radius 1 is 0.933 bits per heavy atom. The maximum absolute atomic E-state index is 3.53. The molecule has 1 heteroatoms. The second-order valence-electron chi connectivity index (χ2n) is 5.76. The quantitative estimate of drug-likeness (QED) is 0.688. The van der Waals surface area contributed by atoms with Gasteiger partial charge in [0.2, 0.25) is 0 Å². The third-order valence-corrected chi connectivity index (χ3v) is 4.20. The highest BCUT2D eigenvalue weighted by atomic mass is 14.9. The van der Waals surface area contributed by atoms with Crippen LogP contribution >= 0.6 is 0 Å². The van der Waals surface area contributed by atoms with Gasteiger partial charge in [0, 0.05) is 5.54 Å². The van der Waals surface area contributed by atoms with Gasteiger partial charge in [-0.05, 0) is 32.7 Å². The van der Waals surface area contributed by atoms with E-state index in [-0.39, 0.29) is 0 Å². The van der Waals surface area contributed by atoms with Crippen molar-refractivity contribution < 1.29 is 0 Å². The van der Waals surface area contributed by atoms with Crippen LogP contribution in [0.5, 0.6) is 0 Å². The molecule has 0 radical (unpaired) electrons. The van der Waals surface area contributed by atoms with Crippen molar-refractivity contribution in [3.8, 4) is 0 Å². The molecule has 1 saturated carbocycles. The van der Waals surface area contributed by atoms with E-state index < -0.39 is 0 Å². The van der Waals surface area contributed by atoms with Crippen molar-refractivity contribution in [2.75, 3.05) is 7.05 Å². The van der Waals surface area contributed by atoms with Crippen LogP contribution in [-0.2, 0) is 0 Å². The molecule has 0 aromatic rings. The van der Waals surface area contributed by atoms with Gasteiger partial charge >= 0.3 is 0 Å². The molecule has 0 spiro atoms. The lowest BCUT2D eigenvalue weighted by Gasteiger charge is -2.29. The summed E-state index contributed by atoms with van der Waals surface area (Å²) in [6.45, 7) is 4.82.